The van der Waals surface area contributed by atoms with Crippen LogP contribution in [0.2, 0.25) is 0 Å². The smallest absolute Gasteiger partial charge is 0.220 e. The number of nitrogens with one attached hydrogen (secondary N) is 2. The highest BCUT2D eigenvalue weighted by atomic mass is 32.1. The van der Waals surface area contributed by atoms with E-state index < -0.39 is 0 Å². The first-order chi connectivity index (χ1) is 10.1. The van der Waals surface area contributed by atoms with Gasteiger partial charge in [0, 0.05) is 30.6 Å². The molecule has 1 fully saturated rings. The minimum Gasteiger partial charge on any atom is -0.389 e. The number of thiocarbonyl (C=S) groups is 1. The average Bonchev–Trinajstić information content (AvgIpc) is 2.49. The second-order valence-electron chi connectivity index (χ2n) is 5.11. The van der Waals surface area contributed by atoms with Gasteiger partial charge >= 0.3 is 0 Å². The normalized spacial score (nSPS) is 18.3. The van der Waals surface area contributed by atoms with Gasteiger partial charge in [0.15, 0.2) is 0 Å². The molecular formula is C15H16N4OS. The van der Waals surface area contributed by atoms with Crippen LogP contribution < -0.4 is 16.4 Å². The zero-order valence-electron chi connectivity index (χ0n) is 11.4. The fourth-order valence-electron chi connectivity index (χ4n) is 2.54. The van der Waals surface area contributed by atoms with E-state index in [9.17, 15) is 4.79 Å². The van der Waals surface area contributed by atoms with Crippen molar-refractivity contribution in [3.8, 4) is 0 Å². The summed E-state index contributed by atoms with van der Waals surface area (Å²) < 4.78 is 0. The number of pyridine rings is 1. The Labute approximate surface area is 127 Å². The molecule has 0 bridgehead atoms. The first-order valence-corrected chi connectivity index (χ1v) is 7.27. The van der Waals surface area contributed by atoms with E-state index in [1.54, 1.807) is 6.20 Å². The SMILES string of the molecule is NC(=S)c1cnc2ccccc2c1NC1CCC(=O)NC1. The van der Waals surface area contributed by atoms with Gasteiger partial charge in [0.1, 0.15) is 4.99 Å². The monoisotopic (exact) mass is 300 g/mol. The summed E-state index contributed by atoms with van der Waals surface area (Å²) in [5, 5.41) is 7.33. The Hall–Kier alpha value is -2.21. The van der Waals surface area contributed by atoms with Crippen molar-refractivity contribution in [2.24, 2.45) is 5.73 Å². The van der Waals surface area contributed by atoms with E-state index in [1.807, 2.05) is 24.3 Å². The Balaban J connectivity index is 2.00. The zero-order chi connectivity index (χ0) is 14.8. The van der Waals surface area contributed by atoms with Gasteiger partial charge in [0.25, 0.3) is 0 Å². The van der Waals surface area contributed by atoms with Crippen LogP contribution in [-0.4, -0.2) is 28.5 Å². The molecule has 21 heavy (non-hydrogen) atoms. The summed E-state index contributed by atoms with van der Waals surface area (Å²) in [5.41, 5.74) is 8.34. The van der Waals surface area contributed by atoms with Gasteiger partial charge in [0.05, 0.1) is 16.8 Å². The predicted molar refractivity (Wildman–Crippen MR) is 87.3 cm³/mol. The highest BCUT2D eigenvalue weighted by molar-refractivity contribution is 7.80. The lowest BCUT2D eigenvalue weighted by Crippen LogP contribution is -2.42. The summed E-state index contributed by atoms with van der Waals surface area (Å²) >= 11 is 5.13. The van der Waals surface area contributed by atoms with Gasteiger partial charge in [-0.2, -0.15) is 0 Å². The molecule has 0 aliphatic carbocycles. The van der Waals surface area contributed by atoms with Crippen LogP contribution in [0.3, 0.4) is 0 Å². The van der Waals surface area contributed by atoms with Gasteiger partial charge in [-0.1, -0.05) is 30.4 Å². The number of hydrogen-bond acceptors (Lipinski definition) is 4. The van der Waals surface area contributed by atoms with Gasteiger partial charge < -0.3 is 16.4 Å². The van der Waals surface area contributed by atoms with Crippen molar-refractivity contribution in [1.29, 1.82) is 0 Å². The lowest BCUT2D eigenvalue weighted by molar-refractivity contribution is -0.122. The highest BCUT2D eigenvalue weighted by Gasteiger charge is 2.20. The number of nitrogens with two attached hydrogens (primary N) is 1. The van der Waals surface area contributed by atoms with Crippen LogP contribution in [0.4, 0.5) is 5.69 Å². The van der Waals surface area contributed by atoms with E-state index in [0.29, 0.717) is 18.0 Å². The number of benzene rings is 1. The molecule has 1 amide bonds. The van der Waals surface area contributed by atoms with Crippen LogP contribution >= 0.6 is 12.2 Å². The van der Waals surface area contributed by atoms with Crippen molar-refractivity contribution in [1.82, 2.24) is 10.3 Å². The number of piperidine rings is 1. The van der Waals surface area contributed by atoms with E-state index in [2.05, 4.69) is 15.6 Å². The molecule has 108 valence electrons. The molecule has 1 aromatic heterocycles. The minimum absolute atomic E-state index is 0.0993. The molecule has 0 radical (unpaired) electrons. The number of carbonyl (C=O) groups is 1. The van der Waals surface area contributed by atoms with Crippen molar-refractivity contribution >= 4 is 39.7 Å². The van der Waals surface area contributed by atoms with Crippen LogP contribution in [0.1, 0.15) is 18.4 Å². The molecule has 1 aliphatic rings. The van der Waals surface area contributed by atoms with Crippen LogP contribution in [0, 0.1) is 0 Å². The van der Waals surface area contributed by atoms with Crippen LogP contribution in [-0.2, 0) is 4.79 Å². The average molecular weight is 300 g/mol. The zero-order valence-corrected chi connectivity index (χ0v) is 12.2. The van der Waals surface area contributed by atoms with Crippen molar-refractivity contribution in [3.63, 3.8) is 0 Å². The number of para-hydroxylation sites is 1. The second-order valence-corrected chi connectivity index (χ2v) is 5.55. The molecule has 3 rings (SSSR count). The third-order valence-electron chi connectivity index (χ3n) is 3.65. The Morgan fingerprint density at radius 3 is 2.95 bits per heavy atom. The Morgan fingerprint density at radius 2 is 2.24 bits per heavy atom. The van der Waals surface area contributed by atoms with Crippen molar-refractivity contribution in [2.75, 3.05) is 11.9 Å². The highest BCUT2D eigenvalue weighted by Crippen LogP contribution is 2.27. The lowest BCUT2D eigenvalue weighted by Gasteiger charge is -2.26. The van der Waals surface area contributed by atoms with Crippen LogP contribution in [0.5, 0.6) is 0 Å². The first kappa shape index (κ1) is 13.8. The molecule has 1 atom stereocenters. The summed E-state index contributed by atoms with van der Waals surface area (Å²) in [7, 11) is 0. The van der Waals surface area contributed by atoms with Crippen LogP contribution in [0.15, 0.2) is 30.5 Å². The molecule has 1 aliphatic heterocycles. The number of amides is 1. The Bertz CT molecular complexity index is 706. The minimum atomic E-state index is 0.0993. The first-order valence-electron chi connectivity index (χ1n) is 6.86. The second kappa shape index (κ2) is 5.65. The van der Waals surface area contributed by atoms with Gasteiger partial charge in [-0.05, 0) is 12.5 Å². The number of nitrogens with zero attached hydrogens (tertiary/aromatic N) is 1. The lowest BCUT2D eigenvalue weighted by atomic mass is 10.0. The number of aromatic nitrogens is 1. The third kappa shape index (κ3) is 2.80. The number of rotatable bonds is 3. The van der Waals surface area contributed by atoms with Crippen molar-refractivity contribution in [2.45, 2.75) is 18.9 Å². The Kier molecular flexibility index (Phi) is 3.70. The molecule has 0 spiro atoms. The molecule has 4 N–H and O–H groups in total. The Morgan fingerprint density at radius 1 is 1.43 bits per heavy atom. The molecule has 6 heteroatoms. The van der Waals surface area contributed by atoms with Gasteiger partial charge in [-0.25, -0.2) is 0 Å². The van der Waals surface area contributed by atoms with Crippen LogP contribution in [0.25, 0.3) is 10.9 Å². The summed E-state index contributed by atoms with van der Waals surface area (Å²) in [5.74, 6) is 0.0993. The molecule has 2 aromatic rings. The topological polar surface area (TPSA) is 80.0 Å². The molecule has 0 saturated carbocycles. The van der Waals surface area contributed by atoms with Gasteiger partial charge in [-0.3, -0.25) is 9.78 Å². The summed E-state index contributed by atoms with van der Waals surface area (Å²) in [6.07, 6.45) is 3.02. The summed E-state index contributed by atoms with van der Waals surface area (Å²) in [4.78, 5) is 16.0. The molecule has 5 nitrogen and oxygen atoms in total. The molecule has 2 heterocycles. The number of carbonyl (C=O) groups excluding carboxylic acids is 1. The standard InChI is InChI=1S/C15H16N4OS/c16-15(21)11-8-17-12-4-2-1-3-10(12)14(11)19-9-5-6-13(20)18-7-9/h1-4,8-9H,5-7H2,(H2,16,21)(H,17,19)(H,18,20). The number of fused-ring (bicyclic) bond motifs is 1. The van der Waals surface area contributed by atoms with E-state index >= 15 is 0 Å². The maximum Gasteiger partial charge on any atom is 0.220 e. The quantitative estimate of drug-likeness (QED) is 0.750. The summed E-state index contributed by atoms with van der Waals surface area (Å²) in [6.45, 7) is 0.603. The third-order valence-corrected chi connectivity index (χ3v) is 3.87. The fraction of sp³-hybridized carbons (Fsp3) is 0.267. The molecular weight excluding hydrogens is 284 g/mol. The number of hydrogen-bond donors (Lipinski definition) is 3. The van der Waals surface area contributed by atoms with Crippen molar-refractivity contribution < 1.29 is 4.79 Å². The number of anilines is 1. The molecule has 1 unspecified atom stereocenters. The fourth-order valence-corrected chi connectivity index (χ4v) is 2.70. The maximum atomic E-state index is 11.3. The predicted octanol–water partition coefficient (Wildman–Crippen LogP) is 1.56. The largest absolute Gasteiger partial charge is 0.389 e. The van der Waals surface area contributed by atoms with Gasteiger partial charge in [0.2, 0.25) is 5.91 Å². The van der Waals surface area contributed by atoms with E-state index in [1.165, 1.54) is 0 Å². The van der Waals surface area contributed by atoms with Gasteiger partial charge in [-0.15, -0.1) is 0 Å². The van der Waals surface area contributed by atoms with E-state index in [-0.39, 0.29) is 11.9 Å². The van der Waals surface area contributed by atoms with E-state index in [0.717, 1.165) is 28.6 Å². The molecule has 1 saturated heterocycles. The molecule has 1 aromatic carbocycles. The maximum absolute atomic E-state index is 11.3. The van der Waals surface area contributed by atoms with E-state index in [4.69, 9.17) is 18.0 Å². The summed E-state index contributed by atoms with van der Waals surface area (Å²) in [6, 6.07) is 8.02. The van der Waals surface area contributed by atoms with Crippen molar-refractivity contribution in [3.05, 3.63) is 36.0 Å².